The minimum absolute atomic E-state index is 0. The Hall–Kier alpha value is -1.69. The number of pyridine rings is 1. The number of hydrogen-bond donors (Lipinski definition) is 1. The maximum Gasteiger partial charge on any atom is 0.344 e. The Kier molecular flexibility index (Phi) is 6.74. The molecule has 0 spiro atoms. The van der Waals surface area contributed by atoms with E-state index in [0.717, 1.165) is 0 Å². The molecule has 1 aromatic heterocycles. The number of carboxylic acids is 1. The molecule has 5 nitrogen and oxygen atoms in total. The maximum absolute atomic E-state index is 10.7. The SMILES string of the molecule is CC(Oc1ccc(Oc2ncc(Cl)cc2Cl)cc1)C(=O)O.Cl. The molecule has 1 aromatic carbocycles. The number of ether oxygens (including phenoxy) is 2. The van der Waals surface area contributed by atoms with E-state index in [1.165, 1.54) is 19.2 Å². The molecular weight excluding hydrogens is 353 g/mol. The Bertz CT molecular complexity index is 649. The Morgan fingerprint density at radius 2 is 1.82 bits per heavy atom. The second kappa shape index (κ2) is 8.08. The number of carbonyl (C=O) groups is 1. The normalized spacial score (nSPS) is 11.2. The van der Waals surface area contributed by atoms with Crippen molar-refractivity contribution < 1.29 is 19.4 Å². The fraction of sp³-hybridized carbons (Fsp3) is 0.143. The Labute approximate surface area is 143 Å². The second-order valence-electron chi connectivity index (χ2n) is 4.11. The molecule has 2 aromatic rings. The van der Waals surface area contributed by atoms with Crippen molar-refractivity contribution in [2.75, 3.05) is 0 Å². The molecule has 8 heteroatoms. The molecule has 0 radical (unpaired) electrons. The molecule has 0 aliphatic heterocycles. The standard InChI is InChI=1S/C14H11Cl2NO4.ClH/c1-8(14(18)19)20-10-2-4-11(5-3-10)21-13-12(16)6-9(15)7-17-13;/h2-8H,1H3,(H,18,19);1H. The summed E-state index contributed by atoms with van der Waals surface area (Å²) in [6, 6.07) is 7.96. The monoisotopic (exact) mass is 363 g/mol. The summed E-state index contributed by atoms with van der Waals surface area (Å²) in [5.41, 5.74) is 0. The number of carboxylic acid groups (broad SMARTS) is 1. The van der Waals surface area contributed by atoms with E-state index in [4.69, 9.17) is 37.8 Å². The van der Waals surface area contributed by atoms with Crippen molar-refractivity contribution in [1.82, 2.24) is 4.98 Å². The molecule has 0 bridgehead atoms. The lowest BCUT2D eigenvalue weighted by Crippen LogP contribution is -2.22. The van der Waals surface area contributed by atoms with Gasteiger partial charge in [0.25, 0.3) is 0 Å². The zero-order valence-electron chi connectivity index (χ0n) is 11.3. The molecule has 1 heterocycles. The van der Waals surface area contributed by atoms with Crippen molar-refractivity contribution in [3.63, 3.8) is 0 Å². The van der Waals surface area contributed by atoms with Crippen LogP contribution < -0.4 is 9.47 Å². The van der Waals surface area contributed by atoms with Gasteiger partial charge in [0.15, 0.2) is 6.10 Å². The van der Waals surface area contributed by atoms with Crippen molar-refractivity contribution in [2.24, 2.45) is 0 Å². The zero-order valence-corrected chi connectivity index (χ0v) is 13.7. The summed E-state index contributed by atoms with van der Waals surface area (Å²) >= 11 is 11.7. The maximum atomic E-state index is 10.7. The molecular formula is C14H12Cl3NO4. The first-order valence-electron chi connectivity index (χ1n) is 5.94. The van der Waals surface area contributed by atoms with E-state index in [1.54, 1.807) is 24.3 Å². The van der Waals surface area contributed by atoms with Gasteiger partial charge in [0, 0.05) is 6.20 Å². The van der Waals surface area contributed by atoms with Crippen LogP contribution in [0.25, 0.3) is 0 Å². The molecule has 118 valence electrons. The van der Waals surface area contributed by atoms with Gasteiger partial charge in [0.2, 0.25) is 5.88 Å². The van der Waals surface area contributed by atoms with Crippen LogP contribution in [0.1, 0.15) is 6.92 Å². The number of aromatic nitrogens is 1. The zero-order chi connectivity index (χ0) is 15.4. The van der Waals surface area contributed by atoms with E-state index < -0.39 is 12.1 Å². The van der Waals surface area contributed by atoms with Gasteiger partial charge in [-0.25, -0.2) is 9.78 Å². The predicted octanol–water partition coefficient (Wildman–Crippen LogP) is 4.45. The highest BCUT2D eigenvalue weighted by Crippen LogP contribution is 2.29. The smallest absolute Gasteiger partial charge is 0.344 e. The molecule has 1 N–H and O–H groups in total. The fourth-order valence-electron chi connectivity index (χ4n) is 1.43. The van der Waals surface area contributed by atoms with E-state index >= 15 is 0 Å². The van der Waals surface area contributed by atoms with E-state index in [9.17, 15) is 4.79 Å². The molecule has 0 aliphatic carbocycles. The average Bonchev–Trinajstić information content (AvgIpc) is 2.43. The molecule has 0 saturated carbocycles. The lowest BCUT2D eigenvalue weighted by Gasteiger charge is -2.11. The molecule has 0 aliphatic rings. The van der Waals surface area contributed by atoms with Crippen molar-refractivity contribution in [1.29, 1.82) is 0 Å². The predicted molar refractivity (Wildman–Crippen MR) is 85.7 cm³/mol. The van der Waals surface area contributed by atoms with Gasteiger partial charge in [-0.15, -0.1) is 12.4 Å². The first kappa shape index (κ1) is 18.4. The van der Waals surface area contributed by atoms with Crippen LogP contribution >= 0.6 is 35.6 Å². The molecule has 22 heavy (non-hydrogen) atoms. The van der Waals surface area contributed by atoms with Crippen LogP contribution in [0.3, 0.4) is 0 Å². The molecule has 1 unspecified atom stereocenters. The summed E-state index contributed by atoms with van der Waals surface area (Å²) in [6.07, 6.45) is 0.499. The number of rotatable bonds is 5. The van der Waals surface area contributed by atoms with E-state index in [0.29, 0.717) is 21.5 Å². The molecule has 0 amide bonds. The lowest BCUT2D eigenvalue weighted by molar-refractivity contribution is -0.144. The van der Waals surface area contributed by atoms with Gasteiger partial charge < -0.3 is 14.6 Å². The minimum atomic E-state index is -1.03. The van der Waals surface area contributed by atoms with Crippen LogP contribution in [0.5, 0.6) is 17.4 Å². The van der Waals surface area contributed by atoms with Gasteiger partial charge in [-0.05, 0) is 37.3 Å². The molecule has 1 atom stereocenters. The molecule has 0 fully saturated rings. The van der Waals surface area contributed by atoms with Crippen LogP contribution in [-0.2, 0) is 4.79 Å². The molecule has 0 saturated heterocycles. The number of nitrogens with zero attached hydrogens (tertiary/aromatic N) is 1. The summed E-state index contributed by atoms with van der Waals surface area (Å²) in [6.45, 7) is 1.45. The van der Waals surface area contributed by atoms with Crippen molar-refractivity contribution in [2.45, 2.75) is 13.0 Å². The third kappa shape index (κ3) is 4.94. The van der Waals surface area contributed by atoms with Crippen molar-refractivity contribution >= 4 is 41.6 Å². The Morgan fingerprint density at radius 3 is 2.36 bits per heavy atom. The second-order valence-corrected chi connectivity index (χ2v) is 4.96. The van der Waals surface area contributed by atoms with E-state index in [-0.39, 0.29) is 18.3 Å². The van der Waals surface area contributed by atoms with Crippen LogP contribution in [0.4, 0.5) is 0 Å². The van der Waals surface area contributed by atoms with Gasteiger partial charge in [-0.3, -0.25) is 0 Å². The largest absolute Gasteiger partial charge is 0.479 e. The summed E-state index contributed by atoms with van der Waals surface area (Å²) in [4.78, 5) is 14.7. The third-order valence-corrected chi connectivity index (χ3v) is 2.95. The van der Waals surface area contributed by atoms with Crippen LogP contribution in [-0.4, -0.2) is 22.2 Å². The third-order valence-electron chi connectivity index (χ3n) is 2.47. The van der Waals surface area contributed by atoms with Crippen molar-refractivity contribution in [3.8, 4) is 17.4 Å². The number of halogens is 3. The summed E-state index contributed by atoms with van der Waals surface area (Å²) < 4.78 is 10.7. The topological polar surface area (TPSA) is 68.7 Å². The number of hydrogen-bond acceptors (Lipinski definition) is 4. The minimum Gasteiger partial charge on any atom is -0.479 e. The highest BCUT2D eigenvalue weighted by Gasteiger charge is 2.12. The van der Waals surface area contributed by atoms with E-state index in [1.807, 2.05) is 0 Å². The van der Waals surface area contributed by atoms with E-state index in [2.05, 4.69) is 4.98 Å². The first-order chi connectivity index (χ1) is 9.95. The van der Waals surface area contributed by atoms with Gasteiger partial charge in [-0.2, -0.15) is 0 Å². The van der Waals surface area contributed by atoms with Gasteiger partial charge in [0.1, 0.15) is 16.5 Å². The Balaban J connectivity index is 0.00000242. The van der Waals surface area contributed by atoms with Crippen LogP contribution in [0.15, 0.2) is 36.5 Å². The van der Waals surface area contributed by atoms with Gasteiger partial charge in [0.05, 0.1) is 5.02 Å². The van der Waals surface area contributed by atoms with Crippen LogP contribution in [0.2, 0.25) is 10.0 Å². The lowest BCUT2D eigenvalue weighted by atomic mass is 10.3. The molecule has 2 rings (SSSR count). The van der Waals surface area contributed by atoms with Gasteiger partial charge >= 0.3 is 5.97 Å². The Morgan fingerprint density at radius 1 is 1.23 bits per heavy atom. The summed E-state index contributed by atoms with van der Waals surface area (Å²) in [7, 11) is 0. The number of benzene rings is 1. The number of aliphatic carboxylic acids is 1. The highest BCUT2D eigenvalue weighted by atomic mass is 35.5. The summed E-state index contributed by atoms with van der Waals surface area (Å²) in [5.74, 6) is 0.107. The van der Waals surface area contributed by atoms with Crippen LogP contribution in [0, 0.1) is 0 Å². The highest BCUT2D eigenvalue weighted by molar-refractivity contribution is 6.35. The van der Waals surface area contributed by atoms with Crippen molar-refractivity contribution in [3.05, 3.63) is 46.6 Å². The summed E-state index contributed by atoms with van der Waals surface area (Å²) in [5, 5.41) is 9.47. The van der Waals surface area contributed by atoms with Gasteiger partial charge in [-0.1, -0.05) is 23.2 Å². The quantitative estimate of drug-likeness (QED) is 0.848. The first-order valence-corrected chi connectivity index (χ1v) is 6.69. The average molecular weight is 365 g/mol. The fourth-order valence-corrected chi connectivity index (χ4v) is 1.85.